The van der Waals surface area contributed by atoms with Crippen LogP contribution in [0, 0.1) is 23.2 Å². The molecule has 1 aliphatic heterocycles. The molecule has 3 nitrogen and oxygen atoms in total. The average molecular weight is 350 g/mol. The smallest absolute Gasteiger partial charge is 0.163 e. The molecule has 132 valence electrons. The van der Waals surface area contributed by atoms with Gasteiger partial charge < -0.3 is 14.8 Å². The van der Waals surface area contributed by atoms with Crippen molar-refractivity contribution in [1.29, 1.82) is 0 Å². The third-order valence-electron chi connectivity index (χ3n) is 6.69. The number of hydrogen-bond acceptors (Lipinski definition) is 3. The van der Waals surface area contributed by atoms with Crippen molar-refractivity contribution in [2.24, 2.45) is 23.2 Å². The zero-order chi connectivity index (χ0) is 15.3. The minimum Gasteiger partial charge on any atom is -0.486 e. The van der Waals surface area contributed by atoms with E-state index in [1.807, 2.05) is 6.07 Å². The Hall–Kier alpha value is -1.09. The Kier molecular flexibility index (Phi) is 4.32. The van der Waals surface area contributed by atoms with Crippen LogP contribution in [0.2, 0.25) is 0 Å². The van der Waals surface area contributed by atoms with Crippen molar-refractivity contribution in [2.45, 2.75) is 44.9 Å². The number of ether oxygens (including phenoxy) is 2. The number of nitrogens with one attached hydrogen (secondary N) is 1. The van der Waals surface area contributed by atoms with Gasteiger partial charge in [0.2, 0.25) is 0 Å². The Morgan fingerprint density at radius 3 is 2.21 bits per heavy atom. The first-order valence-corrected chi connectivity index (χ1v) is 9.42. The van der Waals surface area contributed by atoms with Gasteiger partial charge in [-0.05, 0) is 80.2 Å². The Morgan fingerprint density at radius 1 is 0.917 bits per heavy atom. The lowest BCUT2D eigenvalue weighted by molar-refractivity contribution is -0.0552. The molecule has 0 amide bonds. The van der Waals surface area contributed by atoms with E-state index in [9.17, 15) is 0 Å². The standard InChI is InChI=1S/C20H27NO2.ClH/c1-2-18-19(23-6-5-22-18)10-17(1)21-4-3-20-11-14-7-15(12-20)9-16(8-14)13-20;/h1-2,10,14-16,21H,3-9,11-13H2;1H. The summed E-state index contributed by atoms with van der Waals surface area (Å²) < 4.78 is 11.3. The molecule has 4 fully saturated rings. The fraction of sp³-hybridized carbons (Fsp3) is 0.700. The van der Waals surface area contributed by atoms with Gasteiger partial charge in [-0.15, -0.1) is 12.4 Å². The Balaban J connectivity index is 0.00000146. The largest absolute Gasteiger partial charge is 0.486 e. The van der Waals surface area contributed by atoms with Crippen LogP contribution in [0.15, 0.2) is 18.2 Å². The van der Waals surface area contributed by atoms with Crippen molar-refractivity contribution < 1.29 is 9.47 Å². The molecule has 0 saturated heterocycles. The third kappa shape index (κ3) is 2.96. The van der Waals surface area contributed by atoms with Gasteiger partial charge in [-0.1, -0.05) is 0 Å². The number of hydrogen-bond donors (Lipinski definition) is 1. The van der Waals surface area contributed by atoms with E-state index >= 15 is 0 Å². The zero-order valence-electron chi connectivity index (χ0n) is 14.3. The van der Waals surface area contributed by atoms with Crippen LogP contribution in [-0.2, 0) is 0 Å². The summed E-state index contributed by atoms with van der Waals surface area (Å²) in [5.41, 5.74) is 1.83. The molecule has 4 aliphatic carbocycles. The first-order chi connectivity index (χ1) is 11.3. The molecule has 0 radical (unpaired) electrons. The highest BCUT2D eigenvalue weighted by Crippen LogP contribution is 2.61. The molecule has 4 heteroatoms. The lowest BCUT2D eigenvalue weighted by Crippen LogP contribution is -2.46. The molecule has 1 aromatic carbocycles. The summed E-state index contributed by atoms with van der Waals surface area (Å²) in [6.45, 7) is 2.40. The minimum absolute atomic E-state index is 0. The van der Waals surface area contributed by atoms with Crippen molar-refractivity contribution >= 4 is 18.1 Å². The van der Waals surface area contributed by atoms with Crippen molar-refractivity contribution in [1.82, 2.24) is 0 Å². The maximum absolute atomic E-state index is 5.68. The van der Waals surface area contributed by atoms with Gasteiger partial charge in [0.1, 0.15) is 13.2 Å². The van der Waals surface area contributed by atoms with E-state index in [0.29, 0.717) is 18.6 Å². The predicted molar refractivity (Wildman–Crippen MR) is 98.4 cm³/mol. The van der Waals surface area contributed by atoms with Crippen molar-refractivity contribution in [3.05, 3.63) is 18.2 Å². The van der Waals surface area contributed by atoms with E-state index in [2.05, 4.69) is 17.4 Å². The number of benzene rings is 1. The van der Waals surface area contributed by atoms with Crippen LogP contribution >= 0.6 is 12.4 Å². The molecule has 0 unspecified atom stereocenters. The molecule has 0 atom stereocenters. The molecule has 0 aromatic heterocycles. The fourth-order valence-corrected chi connectivity index (χ4v) is 6.22. The highest BCUT2D eigenvalue weighted by Gasteiger charge is 2.50. The Morgan fingerprint density at radius 2 is 1.54 bits per heavy atom. The van der Waals surface area contributed by atoms with E-state index in [4.69, 9.17) is 9.47 Å². The highest BCUT2D eigenvalue weighted by molar-refractivity contribution is 5.85. The van der Waals surface area contributed by atoms with Crippen LogP contribution in [0.4, 0.5) is 5.69 Å². The van der Waals surface area contributed by atoms with Crippen molar-refractivity contribution in [2.75, 3.05) is 25.1 Å². The van der Waals surface area contributed by atoms with Crippen LogP contribution < -0.4 is 14.8 Å². The summed E-state index contributed by atoms with van der Waals surface area (Å²) >= 11 is 0. The number of rotatable bonds is 4. The molecule has 1 N–H and O–H groups in total. The van der Waals surface area contributed by atoms with Gasteiger partial charge in [0.25, 0.3) is 0 Å². The first-order valence-electron chi connectivity index (χ1n) is 9.42. The molecule has 6 rings (SSSR count). The summed E-state index contributed by atoms with van der Waals surface area (Å²) in [5, 5.41) is 3.63. The van der Waals surface area contributed by atoms with E-state index in [1.54, 1.807) is 0 Å². The maximum Gasteiger partial charge on any atom is 0.163 e. The molecular weight excluding hydrogens is 322 g/mol. The molecule has 1 heterocycles. The van der Waals surface area contributed by atoms with Crippen LogP contribution in [-0.4, -0.2) is 19.8 Å². The quantitative estimate of drug-likeness (QED) is 0.838. The van der Waals surface area contributed by atoms with Gasteiger partial charge in [0.05, 0.1) is 0 Å². The van der Waals surface area contributed by atoms with E-state index in [0.717, 1.165) is 35.8 Å². The van der Waals surface area contributed by atoms with Gasteiger partial charge in [-0.2, -0.15) is 0 Å². The summed E-state index contributed by atoms with van der Waals surface area (Å²) in [6, 6.07) is 6.24. The topological polar surface area (TPSA) is 30.5 Å². The van der Waals surface area contributed by atoms with Gasteiger partial charge in [0.15, 0.2) is 11.5 Å². The summed E-state index contributed by atoms with van der Waals surface area (Å²) in [7, 11) is 0. The molecule has 4 bridgehead atoms. The first kappa shape index (κ1) is 16.4. The zero-order valence-corrected chi connectivity index (χ0v) is 15.1. The van der Waals surface area contributed by atoms with Crippen LogP contribution in [0.5, 0.6) is 11.5 Å². The summed E-state index contributed by atoms with van der Waals surface area (Å²) in [5.74, 6) is 4.92. The second kappa shape index (κ2) is 6.33. The summed E-state index contributed by atoms with van der Waals surface area (Å²) in [6.07, 6.45) is 10.5. The molecule has 0 spiro atoms. The highest BCUT2D eigenvalue weighted by atomic mass is 35.5. The van der Waals surface area contributed by atoms with E-state index in [1.165, 1.54) is 50.6 Å². The van der Waals surface area contributed by atoms with E-state index in [-0.39, 0.29) is 12.4 Å². The molecule has 24 heavy (non-hydrogen) atoms. The molecular formula is C20H28ClNO2. The van der Waals surface area contributed by atoms with Gasteiger partial charge in [0, 0.05) is 18.3 Å². The monoisotopic (exact) mass is 349 g/mol. The van der Waals surface area contributed by atoms with Gasteiger partial charge in [-0.25, -0.2) is 0 Å². The van der Waals surface area contributed by atoms with Gasteiger partial charge >= 0.3 is 0 Å². The molecule has 1 aromatic rings. The molecule has 4 saturated carbocycles. The van der Waals surface area contributed by atoms with Crippen LogP contribution in [0.25, 0.3) is 0 Å². The number of fused-ring (bicyclic) bond motifs is 1. The second-order valence-electron chi connectivity index (χ2n) is 8.45. The normalized spacial score (nSPS) is 35.4. The Bertz CT molecular complexity index is 568. The maximum atomic E-state index is 5.68. The lowest BCUT2D eigenvalue weighted by atomic mass is 9.49. The number of halogens is 1. The minimum atomic E-state index is 0. The predicted octanol–water partition coefficient (Wildman–Crippen LogP) is 4.90. The van der Waals surface area contributed by atoms with Crippen LogP contribution in [0.1, 0.15) is 44.9 Å². The second-order valence-corrected chi connectivity index (χ2v) is 8.45. The average Bonchev–Trinajstić information content (AvgIpc) is 2.53. The molecule has 5 aliphatic rings. The number of anilines is 1. The van der Waals surface area contributed by atoms with Crippen LogP contribution in [0.3, 0.4) is 0 Å². The summed E-state index contributed by atoms with van der Waals surface area (Å²) in [4.78, 5) is 0. The fourth-order valence-electron chi connectivity index (χ4n) is 6.22. The third-order valence-corrected chi connectivity index (χ3v) is 6.69. The van der Waals surface area contributed by atoms with Crippen molar-refractivity contribution in [3.8, 4) is 11.5 Å². The lowest BCUT2D eigenvalue weighted by Gasteiger charge is -2.57. The van der Waals surface area contributed by atoms with Crippen molar-refractivity contribution in [3.63, 3.8) is 0 Å². The SMILES string of the molecule is Cl.c1cc2c(cc1NCCC13CC4CC(CC(C4)C1)C3)OCCO2. The Labute approximate surface area is 150 Å². The van der Waals surface area contributed by atoms with E-state index < -0.39 is 0 Å². The van der Waals surface area contributed by atoms with Gasteiger partial charge in [-0.3, -0.25) is 0 Å².